The molecule has 1 aliphatic carbocycles. The number of rotatable bonds is 8. The van der Waals surface area contributed by atoms with E-state index in [1.165, 1.54) is 7.11 Å². The average Bonchev–Trinajstić information content (AvgIpc) is 3.44. The molecule has 0 aromatic heterocycles. The summed E-state index contributed by atoms with van der Waals surface area (Å²) in [4.78, 5) is 25.7. The number of benzene rings is 1. The maximum absolute atomic E-state index is 12.6. The molecule has 2 aliphatic rings. The van der Waals surface area contributed by atoms with Gasteiger partial charge in [0.15, 0.2) is 11.5 Å². The van der Waals surface area contributed by atoms with Crippen LogP contribution in [0.3, 0.4) is 0 Å². The lowest BCUT2D eigenvalue weighted by molar-refractivity contribution is -0.143. The van der Waals surface area contributed by atoms with Crippen LogP contribution in [0.1, 0.15) is 36.4 Å². The molecule has 3 rings (SSSR count). The van der Waals surface area contributed by atoms with Gasteiger partial charge in [0, 0.05) is 6.54 Å². The highest BCUT2D eigenvalue weighted by molar-refractivity contribution is 5.79. The molecule has 0 spiro atoms. The number of nitrogens with zero attached hydrogens (tertiary/aromatic N) is 1. The fourth-order valence-corrected chi connectivity index (χ4v) is 3.39. The minimum atomic E-state index is -0.950. The highest BCUT2D eigenvalue weighted by atomic mass is 16.5. The summed E-state index contributed by atoms with van der Waals surface area (Å²) >= 11 is 0. The minimum Gasteiger partial charge on any atom is -0.493 e. The van der Waals surface area contributed by atoms with Crippen molar-refractivity contribution in [3.8, 4) is 11.5 Å². The van der Waals surface area contributed by atoms with Crippen molar-refractivity contribution in [2.75, 3.05) is 34.0 Å². The molecule has 1 fully saturated rings. The van der Waals surface area contributed by atoms with Gasteiger partial charge in [-0.15, -0.1) is 0 Å². The normalized spacial score (nSPS) is 19.0. The number of carboxylic acid groups (broad SMARTS) is 1. The molecule has 7 heteroatoms. The van der Waals surface area contributed by atoms with E-state index in [4.69, 9.17) is 14.2 Å². The smallest absolute Gasteiger partial charge is 0.305 e. The van der Waals surface area contributed by atoms with Crippen LogP contribution in [0.15, 0.2) is 12.1 Å². The second-order valence-electron chi connectivity index (χ2n) is 6.82. The number of ether oxygens (including phenoxy) is 3. The van der Waals surface area contributed by atoms with Gasteiger partial charge in [-0.05, 0) is 48.4 Å². The lowest BCUT2D eigenvalue weighted by atomic mass is 9.90. The molecule has 1 heterocycles. The first-order valence-corrected chi connectivity index (χ1v) is 8.87. The Morgan fingerprint density at radius 1 is 1.19 bits per heavy atom. The average molecular weight is 363 g/mol. The van der Waals surface area contributed by atoms with E-state index < -0.39 is 12.0 Å². The van der Waals surface area contributed by atoms with E-state index in [1.807, 2.05) is 6.07 Å². The van der Waals surface area contributed by atoms with Crippen LogP contribution in [-0.2, 0) is 20.7 Å². The number of carbonyl (C=O) groups excluding carboxylic acids is 1. The largest absolute Gasteiger partial charge is 0.493 e. The van der Waals surface area contributed by atoms with Crippen LogP contribution in [0.2, 0.25) is 0 Å². The maximum atomic E-state index is 12.6. The van der Waals surface area contributed by atoms with Crippen molar-refractivity contribution in [2.45, 2.75) is 31.7 Å². The van der Waals surface area contributed by atoms with E-state index in [0.29, 0.717) is 37.0 Å². The van der Waals surface area contributed by atoms with Gasteiger partial charge in [0.1, 0.15) is 6.61 Å². The van der Waals surface area contributed by atoms with Gasteiger partial charge >= 0.3 is 5.97 Å². The van der Waals surface area contributed by atoms with Crippen LogP contribution >= 0.6 is 0 Å². The molecular formula is C19H25NO6. The zero-order valence-corrected chi connectivity index (χ0v) is 15.2. The lowest BCUT2D eigenvalue weighted by Crippen LogP contribution is -2.42. The Morgan fingerprint density at radius 2 is 1.88 bits per heavy atom. The van der Waals surface area contributed by atoms with E-state index in [2.05, 4.69) is 0 Å². The van der Waals surface area contributed by atoms with Gasteiger partial charge in [0.05, 0.1) is 33.3 Å². The first-order chi connectivity index (χ1) is 12.5. The number of aliphatic carboxylic acids is 1. The molecule has 142 valence electrons. The minimum absolute atomic E-state index is 0.00472. The highest BCUT2D eigenvalue weighted by Crippen LogP contribution is 2.39. The van der Waals surface area contributed by atoms with Crippen LogP contribution in [0.25, 0.3) is 0 Å². The predicted molar refractivity (Wildman–Crippen MR) is 93.5 cm³/mol. The molecule has 1 saturated carbocycles. The fourth-order valence-electron chi connectivity index (χ4n) is 3.39. The van der Waals surface area contributed by atoms with Gasteiger partial charge in [0.2, 0.25) is 5.91 Å². The zero-order chi connectivity index (χ0) is 18.7. The summed E-state index contributed by atoms with van der Waals surface area (Å²) in [7, 11) is 3.10. The van der Waals surface area contributed by atoms with E-state index in [-0.39, 0.29) is 18.9 Å². The van der Waals surface area contributed by atoms with E-state index >= 15 is 0 Å². The number of hydrogen-bond acceptors (Lipinski definition) is 5. The number of hydrogen-bond donors (Lipinski definition) is 1. The van der Waals surface area contributed by atoms with E-state index in [0.717, 1.165) is 24.0 Å². The standard InChI is InChI=1S/C19H25NO6/c1-24-16-7-13-5-6-20(18(21)11-26-10-12-3-4-12)15(9-19(22)23)14(13)8-17(16)25-2/h7-8,12,15H,3-6,9-11H2,1-2H3,(H,22,23). The van der Waals surface area contributed by atoms with Gasteiger partial charge in [-0.2, -0.15) is 0 Å². The summed E-state index contributed by atoms with van der Waals surface area (Å²) in [5.74, 6) is 0.594. The molecule has 1 N–H and O–H groups in total. The Hall–Kier alpha value is -2.28. The Balaban J connectivity index is 1.82. The van der Waals surface area contributed by atoms with Gasteiger partial charge in [-0.25, -0.2) is 0 Å². The Bertz CT molecular complexity index is 685. The van der Waals surface area contributed by atoms with Crippen LogP contribution in [0.5, 0.6) is 11.5 Å². The molecule has 7 nitrogen and oxygen atoms in total. The van der Waals surface area contributed by atoms with Crippen molar-refractivity contribution in [2.24, 2.45) is 5.92 Å². The number of methoxy groups -OCH3 is 2. The van der Waals surface area contributed by atoms with Crippen LogP contribution < -0.4 is 9.47 Å². The summed E-state index contributed by atoms with van der Waals surface area (Å²) in [6.07, 6.45) is 2.81. The molecule has 1 atom stereocenters. The van der Waals surface area contributed by atoms with Crippen molar-refractivity contribution in [3.63, 3.8) is 0 Å². The monoisotopic (exact) mass is 363 g/mol. The first kappa shape index (κ1) is 18.5. The van der Waals surface area contributed by atoms with Gasteiger partial charge in [0.25, 0.3) is 0 Å². The lowest BCUT2D eigenvalue weighted by Gasteiger charge is -2.37. The molecule has 26 heavy (non-hydrogen) atoms. The van der Waals surface area contributed by atoms with Gasteiger partial charge in [-0.3, -0.25) is 9.59 Å². The molecule has 1 aromatic carbocycles. The third-order valence-corrected chi connectivity index (χ3v) is 4.97. The van der Waals surface area contributed by atoms with Gasteiger partial charge in [-0.1, -0.05) is 0 Å². The number of carboxylic acids is 1. The Morgan fingerprint density at radius 3 is 2.50 bits per heavy atom. The summed E-state index contributed by atoms with van der Waals surface area (Å²) in [5, 5.41) is 9.35. The van der Waals surface area contributed by atoms with Crippen molar-refractivity contribution in [1.82, 2.24) is 4.90 Å². The fraction of sp³-hybridized carbons (Fsp3) is 0.579. The third-order valence-electron chi connectivity index (χ3n) is 4.97. The first-order valence-electron chi connectivity index (χ1n) is 8.87. The third kappa shape index (κ3) is 4.09. The molecule has 1 aromatic rings. The topological polar surface area (TPSA) is 85.3 Å². The summed E-state index contributed by atoms with van der Waals surface area (Å²) in [6.45, 7) is 1.06. The molecule has 1 aliphatic heterocycles. The molecule has 1 amide bonds. The van der Waals surface area contributed by atoms with Gasteiger partial charge < -0.3 is 24.2 Å². The second kappa shape index (κ2) is 7.95. The second-order valence-corrected chi connectivity index (χ2v) is 6.82. The SMILES string of the molecule is COc1cc2c(cc1OC)C(CC(=O)O)N(C(=O)COCC1CC1)CC2. The molecule has 0 saturated heterocycles. The predicted octanol–water partition coefficient (Wildman–Crippen LogP) is 2.03. The van der Waals surface area contributed by atoms with Crippen molar-refractivity contribution in [3.05, 3.63) is 23.3 Å². The van der Waals surface area contributed by atoms with E-state index in [9.17, 15) is 14.7 Å². The number of amides is 1. The van der Waals surface area contributed by atoms with Crippen LogP contribution in [0, 0.1) is 5.92 Å². The number of carbonyl (C=O) groups is 2. The summed E-state index contributed by atoms with van der Waals surface area (Å²) < 4.78 is 16.2. The van der Waals surface area contributed by atoms with Crippen molar-refractivity contribution in [1.29, 1.82) is 0 Å². The Kier molecular flexibility index (Phi) is 5.66. The van der Waals surface area contributed by atoms with Crippen molar-refractivity contribution < 1.29 is 28.9 Å². The molecule has 0 radical (unpaired) electrons. The molecular weight excluding hydrogens is 338 g/mol. The maximum Gasteiger partial charge on any atom is 0.305 e. The van der Waals surface area contributed by atoms with Crippen molar-refractivity contribution >= 4 is 11.9 Å². The highest BCUT2D eigenvalue weighted by Gasteiger charge is 2.34. The quantitative estimate of drug-likeness (QED) is 0.761. The summed E-state index contributed by atoms with van der Waals surface area (Å²) in [6, 6.07) is 3.12. The Labute approximate surface area is 152 Å². The number of fused-ring (bicyclic) bond motifs is 1. The summed E-state index contributed by atoms with van der Waals surface area (Å²) in [5.41, 5.74) is 1.78. The van der Waals surface area contributed by atoms with Crippen LogP contribution in [0.4, 0.5) is 0 Å². The molecule has 1 unspecified atom stereocenters. The molecule has 0 bridgehead atoms. The van der Waals surface area contributed by atoms with E-state index in [1.54, 1.807) is 18.1 Å². The zero-order valence-electron chi connectivity index (χ0n) is 15.2. The van der Waals surface area contributed by atoms with Crippen LogP contribution in [-0.4, -0.2) is 55.9 Å².